The molecule has 0 saturated heterocycles. The molecule has 0 bridgehead atoms. The lowest BCUT2D eigenvalue weighted by Gasteiger charge is -2.17. The highest BCUT2D eigenvalue weighted by Gasteiger charge is 2.09. The molecule has 0 aliphatic heterocycles. The lowest BCUT2D eigenvalue weighted by molar-refractivity contribution is 0.284. The fourth-order valence-corrected chi connectivity index (χ4v) is 1.52. The Morgan fingerprint density at radius 2 is 2.13 bits per heavy atom. The second-order valence-electron chi connectivity index (χ2n) is 3.37. The van der Waals surface area contributed by atoms with Crippen LogP contribution in [0.3, 0.4) is 0 Å². The molecule has 1 aromatic rings. The summed E-state index contributed by atoms with van der Waals surface area (Å²) in [6.07, 6.45) is 0. The Kier molecular flexibility index (Phi) is 5.15. The summed E-state index contributed by atoms with van der Waals surface area (Å²) in [5.41, 5.74) is 1.13. The second-order valence-corrected chi connectivity index (χ2v) is 3.37. The van der Waals surface area contributed by atoms with Gasteiger partial charge in [0, 0.05) is 18.2 Å². The van der Waals surface area contributed by atoms with E-state index >= 15 is 0 Å². The molecule has 3 nitrogen and oxygen atoms in total. The van der Waals surface area contributed by atoms with Crippen molar-refractivity contribution in [2.24, 2.45) is 0 Å². The molecule has 0 radical (unpaired) electrons. The normalized spacial score (nSPS) is 12.5. The van der Waals surface area contributed by atoms with Crippen LogP contribution in [0.2, 0.25) is 0 Å². The van der Waals surface area contributed by atoms with E-state index in [9.17, 15) is 0 Å². The molecule has 0 aliphatic carbocycles. The van der Waals surface area contributed by atoms with Gasteiger partial charge in [0.1, 0.15) is 5.75 Å². The molecule has 3 heteroatoms. The third-order valence-electron chi connectivity index (χ3n) is 2.25. The molecule has 0 heterocycles. The predicted molar refractivity (Wildman–Crippen MR) is 61.1 cm³/mol. The van der Waals surface area contributed by atoms with Crippen molar-refractivity contribution in [3.63, 3.8) is 0 Å². The van der Waals surface area contributed by atoms with Gasteiger partial charge in [-0.1, -0.05) is 18.2 Å². The van der Waals surface area contributed by atoms with Crippen molar-refractivity contribution in [2.75, 3.05) is 19.8 Å². The number of para-hydroxylation sites is 1. The van der Waals surface area contributed by atoms with Crippen molar-refractivity contribution in [3.05, 3.63) is 29.8 Å². The first-order valence-corrected chi connectivity index (χ1v) is 5.35. The van der Waals surface area contributed by atoms with Gasteiger partial charge >= 0.3 is 0 Å². The van der Waals surface area contributed by atoms with Crippen molar-refractivity contribution in [3.8, 4) is 5.75 Å². The Balaban J connectivity index is 2.72. The Labute approximate surface area is 91.1 Å². The van der Waals surface area contributed by atoms with Crippen LogP contribution in [0, 0.1) is 0 Å². The number of aliphatic hydroxyl groups excluding tert-OH is 1. The zero-order valence-electron chi connectivity index (χ0n) is 9.36. The molecule has 84 valence electrons. The highest BCUT2D eigenvalue weighted by Crippen LogP contribution is 2.24. The third-order valence-corrected chi connectivity index (χ3v) is 2.25. The molecule has 0 saturated carbocycles. The minimum atomic E-state index is 0.154. The van der Waals surface area contributed by atoms with Gasteiger partial charge in [-0.05, 0) is 19.9 Å². The van der Waals surface area contributed by atoms with Gasteiger partial charge in [0.15, 0.2) is 0 Å². The molecule has 1 aromatic carbocycles. The number of aliphatic hydroxyl groups is 1. The molecular formula is C12H19NO2. The first-order chi connectivity index (χ1) is 7.29. The van der Waals surface area contributed by atoms with E-state index in [1.165, 1.54) is 0 Å². The van der Waals surface area contributed by atoms with Crippen LogP contribution in [0.4, 0.5) is 0 Å². The molecular weight excluding hydrogens is 190 g/mol. The van der Waals surface area contributed by atoms with Gasteiger partial charge in [0.2, 0.25) is 0 Å². The lowest BCUT2D eigenvalue weighted by Crippen LogP contribution is -2.22. The number of hydrogen-bond donors (Lipinski definition) is 2. The van der Waals surface area contributed by atoms with Crippen LogP contribution in [0.5, 0.6) is 5.75 Å². The van der Waals surface area contributed by atoms with Crippen molar-refractivity contribution >= 4 is 0 Å². The third kappa shape index (κ3) is 3.53. The molecule has 0 fully saturated rings. The van der Waals surface area contributed by atoms with Crippen LogP contribution >= 0.6 is 0 Å². The molecule has 1 rings (SSSR count). The average Bonchev–Trinajstić information content (AvgIpc) is 2.27. The summed E-state index contributed by atoms with van der Waals surface area (Å²) in [6, 6.07) is 8.16. The van der Waals surface area contributed by atoms with Crippen LogP contribution < -0.4 is 10.1 Å². The number of hydrogen-bond acceptors (Lipinski definition) is 3. The molecule has 0 aromatic heterocycles. The minimum absolute atomic E-state index is 0.154. The van der Waals surface area contributed by atoms with E-state index in [0.29, 0.717) is 13.2 Å². The topological polar surface area (TPSA) is 41.5 Å². The number of benzene rings is 1. The van der Waals surface area contributed by atoms with Gasteiger partial charge in [-0.15, -0.1) is 0 Å². The van der Waals surface area contributed by atoms with E-state index in [2.05, 4.69) is 12.2 Å². The van der Waals surface area contributed by atoms with Gasteiger partial charge in [0.25, 0.3) is 0 Å². The summed E-state index contributed by atoms with van der Waals surface area (Å²) in [5.74, 6) is 0.915. The van der Waals surface area contributed by atoms with Crippen molar-refractivity contribution < 1.29 is 9.84 Å². The van der Waals surface area contributed by atoms with E-state index in [-0.39, 0.29) is 12.6 Å². The first kappa shape index (κ1) is 12.0. The average molecular weight is 209 g/mol. The van der Waals surface area contributed by atoms with Crippen LogP contribution in [-0.2, 0) is 0 Å². The summed E-state index contributed by atoms with van der Waals surface area (Å²) >= 11 is 0. The summed E-state index contributed by atoms with van der Waals surface area (Å²) in [4.78, 5) is 0. The van der Waals surface area contributed by atoms with Crippen molar-refractivity contribution in [2.45, 2.75) is 19.9 Å². The smallest absolute Gasteiger partial charge is 0.124 e. The van der Waals surface area contributed by atoms with Crippen LogP contribution in [0.1, 0.15) is 25.5 Å². The molecule has 0 aliphatic rings. The van der Waals surface area contributed by atoms with Crippen LogP contribution in [0.15, 0.2) is 24.3 Å². The summed E-state index contributed by atoms with van der Waals surface area (Å²) in [5, 5.41) is 12.0. The van der Waals surface area contributed by atoms with E-state index < -0.39 is 0 Å². The highest BCUT2D eigenvalue weighted by molar-refractivity contribution is 5.35. The van der Waals surface area contributed by atoms with Gasteiger partial charge in [-0.25, -0.2) is 0 Å². The predicted octanol–water partition coefficient (Wildman–Crippen LogP) is 1.73. The zero-order valence-corrected chi connectivity index (χ0v) is 9.36. The van der Waals surface area contributed by atoms with Crippen LogP contribution in [-0.4, -0.2) is 24.9 Å². The fourth-order valence-electron chi connectivity index (χ4n) is 1.52. The van der Waals surface area contributed by atoms with E-state index in [1.54, 1.807) is 0 Å². The van der Waals surface area contributed by atoms with Gasteiger partial charge < -0.3 is 15.2 Å². The first-order valence-electron chi connectivity index (χ1n) is 5.35. The number of rotatable bonds is 6. The number of nitrogens with one attached hydrogen (secondary N) is 1. The maximum absolute atomic E-state index is 8.74. The quantitative estimate of drug-likeness (QED) is 0.749. The molecule has 0 spiro atoms. The monoisotopic (exact) mass is 209 g/mol. The maximum Gasteiger partial charge on any atom is 0.124 e. The lowest BCUT2D eigenvalue weighted by atomic mass is 10.1. The summed E-state index contributed by atoms with van der Waals surface area (Å²) < 4.78 is 5.54. The maximum atomic E-state index is 8.74. The van der Waals surface area contributed by atoms with Crippen molar-refractivity contribution in [1.82, 2.24) is 5.32 Å². The van der Waals surface area contributed by atoms with Gasteiger partial charge in [-0.3, -0.25) is 0 Å². The highest BCUT2D eigenvalue weighted by atomic mass is 16.5. The largest absolute Gasteiger partial charge is 0.494 e. The van der Waals surface area contributed by atoms with E-state index in [0.717, 1.165) is 11.3 Å². The van der Waals surface area contributed by atoms with Crippen LogP contribution in [0.25, 0.3) is 0 Å². The molecule has 15 heavy (non-hydrogen) atoms. The molecule has 0 amide bonds. The second kappa shape index (κ2) is 6.43. The Hall–Kier alpha value is -1.06. The summed E-state index contributed by atoms with van der Waals surface area (Å²) in [6.45, 7) is 5.46. The Morgan fingerprint density at radius 3 is 2.80 bits per heavy atom. The fraction of sp³-hybridized carbons (Fsp3) is 0.500. The standard InChI is InChI=1S/C12H19NO2/c1-3-15-12-7-5-4-6-11(12)10(2)13-8-9-14/h4-7,10,13-14H,3,8-9H2,1-2H3. The molecule has 1 atom stereocenters. The SMILES string of the molecule is CCOc1ccccc1C(C)NCCO. The van der Waals surface area contributed by atoms with Crippen molar-refractivity contribution in [1.29, 1.82) is 0 Å². The Bertz CT molecular complexity index is 289. The number of ether oxygens (including phenoxy) is 1. The molecule has 1 unspecified atom stereocenters. The van der Waals surface area contributed by atoms with Gasteiger partial charge in [-0.2, -0.15) is 0 Å². The minimum Gasteiger partial charge on any atom is -0.494 e. The van der Waals surface area contributed by atoms with Gasteiger partial charge in [0.05, 0.1) is 13.2 Å². The van der Waals surface area contributed by atoms with E-state index in [1.807, 2.05) is 31.2 Å². The Morgan fingerprint density at radius 1 is 1.40 bits per heavy atom. The summed E-state index contributed by atoms with van der Waals surface area (Å²) in [7, 11) is 0. The van der Waals surface area contributed by atoms with E-state index in [4.69, 9.17) is 9.84 Å². The zero-order chi connectivity index (χ0) is 11.1. The molecule has 2 N–H and O–H groups in total.